The molecule has 0 bridgehead atoms. The van der Waals surface area contributed by atoms with E-state index < -0.39 is 5.97 Å². The predicted octanol–water partition coefficient (Wildman–Crippen LogP) is 4.11. The van der Waals surface area contributed by atoms with Gasteiger partial charge in [-0.15, -0.1) is 0 Å². The van der Waals surface area contributed by atoms with Crippen molar-refractivity contribution in [3.63, 3.8) is 0 Å². The van der Waals surface area contributed by atoms with Crippen molar-refractivity contribution in [2.45, 2.75) is 33.1 Å². The van der Waals surface area contributed by atoms with Crippen molar-refractivity contribution < 1.29 is 9.90 Å². The summed E-state index contributed by atoms with van der Waals surface area (Å²) >= 11 is 0. The van der Waals surface area contributed by atoms with Crippen LogP contribution in [0.25, 0.3) is 16.7 Å². The van der Waals surface area contributed by atoms with Crippen LogP contribution in [0.3, 0.4) is 0 Å². The summed E-state index contributed by atoms with van der Waals surface area (Å²) in [4.78, 5) is 15.6. The second kappa shape index (κ2) is 7.40. The van der Waals surface area contributed by atoms with Crippen molar-refractivity contribution >= 4 is 17.0 Å². The van der Waals surface area contributed by atoms with Crippen LogP contribution >= 0.6 is 0 Å². The highest BCUT2D eigenvalue weighted by Crippen LogP contribution is 2.24. The zero-order valence-corrected chi connectivity index (χ0v) is 14.9. The number of benzene rings is 2. The first-order chi connectivity index (χ1) is 12.5. The van der Waals surface area contributed by atoms with Gasteiger partial charge in [0.1, 0.15) is 5.82 Å². The smallest absolute Gasteiger partial charge is 0.306 e. The molecule has 1 unspecified atom stereocenters. The highest BCUT2D eigenvalue weighted by Gasteiger charge is 2.13. The van der Waals surface area contributed by atoms with Crippen molar-refractivity contribution in [3.8, 4) is 11.8 Å². The van der Waals surface area contributed by atoms with E-state index in [0.29, 0.717) is 12.0 Å². The van der Waals surface area contributed by atoms with Crippen LogP contribution in [0.1, 0.15) is 37.2 Å². The molecule has 26 heavy (non-hydrogen) atoms. The maximum absolute atomic E-state index is 10.9. The number of carboxylic acid groups (broad SMARTS) is 1. The van der Waals surface area contributed by atoms with Crippen LogP contribution < -0.4 is 0 Å². The number of hydrogen-bond donors (Lipinski definition) is 1. The third kappa shape index (κ3) is 3.45. The molecule has 0 fully saturated rings. The molecule has 0 aliphatic heterocycles. The first-order valence-electron chi connectivity index (χ1n) is 8.77. The molecule has 0 saturated carbocycles. The minimum Gasteiger partial charge on any atom is -0.481 e. The van der Waals surface area contributed by atoms with E-state index in [0.717, 1.165) is 41.0 Å². The second-order valence-corrected chi connectivity index (χ2v) is 6.48. The molecule has 5 nitrogen and oxygen atoms in total. The molecule has 1 aromatic heterocycles. The molecular weight excluding hydrogens is 326 g/mol. The fourth-order valence-electron chi connectivity index (χ4n) is 3.04. The maximum Gasteiger partial charge on any atom is 0.306 e. The fourth-order valence-corrected chi connectivity index (χ4v) is 3.04. The topological polar surface area (TPSA) is 78.9 Å². The molecule has 3 aromatic rings. The van der Waals surface area contributed by atoms with E-state index >= 15 is 0 Å². The molecule has 0 radical (unpaired) electrons. The van der Waals surface area contributed by atoms with Crippen molar-refractivity contribution in [1.29, 1.82) is 5.26 Å². The summed E-state index contributed by atoms with van der Waals surface area (Å²) in [6, 6.07) is 15.9. The molecule has 0 aliphatic carbocycles. The monoisotopic (exact) mass is 347 g/mol. The van der Waals surface area contributed by atoms with Gasteiger partial charge in [-0.3, -0.25) is 9.36 Å². The Hall–Kier alpha value is -3.13. The van der Waals surface area contributed by atoms with Gasteiger partial charge in [0.2, 0.25) is 0 Å². The minimum atomic E-state index is -0.754. The summed E-state index contributed by atoms with van der Waals surface area (Å²) in [5.74, 6) is -0.147. The van der Waals surface area contributed by atoms with Crippen LogP contribution in [0.2, 0.25) is 0 Å². The Labute approximate surface area is 152 Å². The molecule has 0 saturated heterocycles. The molecular formula is C21H21N3O2. The number of fused-ring (bicyclic) bond motifs is 1. The summed E-state index contributed by atoms with van der Waals surface area (Å²) in [7, 11) is 0. The van der Waals surface area contributed by atoms with Gasteiger partial charge in [-0.25, -0.2) is 4.98 Å². The van der Waals surface area contributed by atoms with Gasteiger partial charge >= 0.3 is 5.97 Å². The number of nitrogens with zero attached hydrogens (tertiary/aromatic N) is 3. The molecule has 0 aliphatic rings. The summed E-state index contributed by atoms with van der Waals surface area (Å²) in [5, 5.41) is 18.1. The Morgan fingerprint density at radius 1 is 1.27 bits per heavy atom. The van der Waals surface area contributed by atoms with Gasteiger partial charge in [0.25, 0.3) is 0 Å². The quantitative estimate of drug-likeness (QED) is 0.728. The van der Waals surface area contributed by atoms with Crippen molar-refractivity contribution in [3.05, 3.63) is 59.4 Å². The average molecular weight is 347 g/mol. The first-order valence-corrected chi connectivity index (χ1v) is 8.77. The lowest BCUT2D eigenvalue weighted by Crippen LogP contribution is -2.10. The minimum absolute atomic E-state index is 0.340. The van der Waals surface area contributed by atoms with Gasteiger partial charge in [-0.2, -0.15) is 5.26 Å². The van der Waals surface area contributed by atoms with Crippen molar-refractivity contribution in [2.24, 2.45) is 5.92 Å². The molecule has 132 valence electrons. The van der Waals surface area contributed by atoms with Gasteiger partial charge < -0.3 is 5.11 Å². The Bertz CT molecular complexity index is 981. The Morgan fingerprint density at radius 2 is 2.00 bits per heavy atom. The lowest BCUT2D eigenvalue weighted by atomic mass is 10.0. The summed E-state index contributed by atoms with van der Waals surface area (Å²) in [6.45, 7) is 3.79. The van der Waals surface area contributed by atoms with Gasteiger partial charge in [-0.1, -0.05) is 26.0 Å². The number of imidazole rings is 1. The number of hydrogen-bond acceptors (Lipinski definition) is 3. The van der Waals surface area contributed by atoms with E-state index in [1.54, 1.807) is 6.92 Å². The number of aryl methyl sites for hydroxylation is 2. The molecule has 1 heterocycles. The average Bonchev–Trinajstić information content (AvgIpc) is 3.03. The third-order valence-corrected chi connectivity index (χ3v) is 4.65. The number of carboxylic acids is 1. The van der Waals surface area contributed by atoms with E-state index in [1.165, 1.54) is 0 Å². The molecule has 2 aromatic carbocycles. The Morgan fingerprint density at radius 3 is 2.62 bits per heavy atom. The normalized spacial score (nSPS) is 12.0. The first kappa shape index (κ1) is 17.7. The van der Waals surface area contributed by atoms with Crippen LogP contribution in [0.5, 0.6) is 0 Å². The van der Waals surface area contributed by atoms with Gasteiger partial charge in [0.15, 0.2) is 0 Å². The number of carbonyl (C=O) groups is 1. The zero-order valence-electron chi connectivity index (χ0n) is 14.9. The van der Waals surface area contributed by atoms with Crippen molar-refractivity contribution in [2.75, 3.05) is 0 Å². The van der Waals surface area contributed by atoms with E-state index in [2.05, 4.69) is 22.5 Å². The van der Waals surface area contributed by atoms with Crippen LogP contribution in [0, 0.1) is 17.2 Å². The second-order valence-electron chi connectivity index (χ2n) is 6.48. The van der Waals surface area contributed by atoms with Crippen LogP contribution in [0.15, 0.2) is 42.5 Å². The van der Waals surface area contributed by atoms with Gasteiger partial charge in [-0.05, 0) is 48.7 Å². The number of aromatic nitrogens is 2. The van der Waals surface area contributed by atoms with Crippen LogP contribution in [-0.4, -0.2) is 20.6 Å². The molecule has 1 N–H and O–H groups in total. The lowest BCUT2D eigenvalue weighted by molar-refractivity contribution is -0.141. The highest BCUT2D eigenvalue weighted by molar-refractivity contribution is 5.80. The molecule has 0 amide bonds. The Balaban J connectivity index is 1.91. The summed E-state index contributed by atoms with van der Waals surface area (Å²) in [5.41, 5.74) is 4.54. The lowest BCUT2D eigenvalue weighted by Gasteiger charge is -2.10. The number of nitriles is 1. The van der Waals surface area contributed by atoms with Crippen LogP contribution in [-0.2, 0) is 17.6 Å². The van der Waals surface area contributed by atoms with E-state index in [4.69, 9.17) is 10.4 Å². The molecule has 3 rings (SSSR count). The molecule has 1 atom stereocenters. The van der Waals surface area contributed by atoms with E-state index in [9.17, 15) is 4.79 Å². The SMILES string of the molecule is CCc1nc2cc(C#N)ccc2n1-c1ccc(CCC(C)C(=O)O)cc1. The van der Waals surface area contributed by atoms with Gasteiger partial charge in [0, 0.05) is 12.1 Å². The van der Waals surface area contributed by atoms with E-state index in [1.807, 2.05) is 42.5 Å². The number of aliphatic carboxylic acids is 1. The third-order valence-electron chi connectivity index (χ3n) is 4.65. The summed E-state index contributed by atoms with van der Waals surface area (Å²) < 4.78 is 2.11. The van der Waals surface area contributed by atoms with E-state index in [-0.39, 0.29) is 5.92 Å². The largest absolute Gasteiger partial charge is 0.481 e. The van der Waals surface area contributed by atoms with Crippen molar-refractivity contribution in [1.82, 2.24) is 9.55 Å². The zero-order chi connectivity index (χ0) is 18.7. The Kier molecular flexibility index (Phi) is 5.04. The van der Waals surface area contributed by atoms with Gasteiger partial charge in [0.05, 0.1) is 28.6 Å². The molecule has 0 spiro atoms. The standard InChI is InChI=1S/C21H21N3O2/c1-3-20-23-18-12-16(13-22)8-11-19(18)24(20)17-9-6-15(7-10-17)5-4-14(2)21(25)26/h6-12,14H,3-5H2,1-2H3,(H,25,26). The highest BCUT2D eigenvalue weighted by atomic mass is 16.4. The fraction of sp³-hybridized carbons (Fsp3) is 0.286. The van der Waals surface area contributed by atoms with Crippen LogP contribution in [0.4, 0.5) is 0 Å². The number of rotatable bonds is 6. The molecule has 5 heteroatoms. The summed E-state index contributed by atoms with van der Waals surface area (Å²) in [6.07, 6.45) is 2.15. The predicted molar refractivity (Wildman–Crippen MR) is 100 cm³/mol. The maximum atomic E-state index is 10.9.